The molecule has 1 aliphatic heterocycles. The summed E-state index contributed by atoms with van der Waals surface area (Å²) in [7, 11) is 0. The zero-order chi connectivity index (χ0) is 21.2. The molecule has 0 radical (unpaired) electrons. The van der Waals surface area contributed by atoms with Crippen LogP contribution in [0.2, 0.25) is 0 Å². The van der Waals surface area contributed by atoms with Crippen LogP contribution in [0.1, 0.15) is 56.2 Å². The average molecular weight is 401 g/mol. The van der Waals surface area contributed by atoms with Gasteiger partial charge in [0, 0.05) is 13.1 Å². The molecule has 1 heterocycles. The Morgan fingerprint density at radius 2 is 1.66 bits per heavy atom. The first-order valence-corrected chi connectivity index (χ1v) is 10.2. The quantitative estimate of drug-likeness (QED) is 0.784. The van der Waals surface area contributed by atoms with Gasteiger partial charge >= 0.3 is 0 Å². The SMILES string of the molecule is CC(C)Cc1ccc(C(C)C(=O)N2CCC(O)(c3ccc(F)c(F)c3)CC2)cc1. The van der Waals surface area contributed by atoms with Gasteiger partial charge in [0.15, 0.2) is 11.6 Å². The zero-order valence-corrected chi connectivity index (χ0v) is 17.3. The number of nitrogens with zero attached hydrogens (tertiary/aromatic N) is 1. The van der Waals surface area contributed by atoms with Crippen molar-refractivity contribution in [1.29, 1.82) is 0 Å². The molecule has 0 bridgehead atoms. The number of hydrogen-bond donors (Lipinski definition) is 1. The van der Waals surface area contributed by atoms with E-state index in [0.29, 0.717) is 37.4 Å². The number of benzene rings is 2. The molecule has 1 saturated heterocycles. The predicted molar refractivity (Wildman–Crippen MR) is 109 cm³/mol. The van der Waals surface area contributed by atoms with Crippen molar-refractivity contribution < 1.29 is 18.7 Å². The molecule has 156 valence electrons. The van der Waals surface area contributed by atoms with Gasteiger partial charge in [-0.25, -0.2) is 8.78 Å². The molecule has 2 aromatic carbocycles. The maximum atomic E-state index is 13.6. The Labute approximate surface area is 171 Å². The third-order valence-corrected chi connectivity index (χ3v) is 5.85. The minimum atomic E-state index is -1.24. The number of hydrogen-bond acceptors (Lipinski definition) is 2. The Hall–Kier alpha value is -2.27. The van der Waals surface area contributed by atoms with Gasteiger partial charge in [-0.2, -0.15) is 0 Å². The summed E-state index contributed by atoms with van der Waals surface area (Å²) in [4.78, 5) is 14.7. The van der Waals surface area contributed by atoms with Crippen LogP contribution in [0.3, 0.4) is 0 Å². The molecule has 0 aliphatic carbocycles. The average Bonchev–Trinajstić information content (AvgIpc) is 2.69. The maximum absolute atomic E-state index is 13.6. The summed E-state index contributed by atoms with van der Waals surface area (Å²) in [6.07, 6.45) is 1.60. The lowest BCUT2D eigenvalue weighted by atomic mass is 9.84. The van der Waals surface area contributed by atoms with Crippen LogP contribution < -0.4 is 0 Å². The van der Waals surface area contributed by atoms with Crippen LogP contribution in [0, 0.1) is 17.6 Å². The Bertz CT molecular complexity index is 856. The van der Waals surface area contributed by atoms with Gasteiger partial charge in [-0.3, -0.25) is 4.79 Å². The minimum absolute atomic E-state index is 0.0222. The summed E-state index contributed by atoms with van der Waals surface area (Å²) in [5, 5.41) is 10.9. The molecule has 0 saturated carbocycles. The van der Waals surface area contributed by atoms with E-state index in [-0.39, 0.29) is 11.8 Å². The molecule has 3 nitrogen and oxygen atoms in total. The number of likely N-dealkylation sites (tertiary alicyclic amines) is 1. The fourth-order valence-electron chi connectivity index (χ4n) is 4.00. The van der Waals surface area contributed by atoms with Crippen LogP contribution >= 0.6 is 0 Å². The lowest BCUT2D eigenvalue weighted by Crippen LogP contribution is -2.46. The summed E-state index contributed by atoms with van der Waals surface area (Å²) in [5.74, 6) is -1.56. The lowest BCUT2D eigenvalue weighted by molar-refractivity contribution is -0.137. The van der Waals surface area contributed by atoms with Crippen molar-refractivity contribution in [3.8, 4) is 0 Å². The highest BCUT2D eigenvalue weighted by atomic mass is 19.2. The van der Waals surface area contributed by atoms with Crippen molar-refractivity contribution >= 4 is 5.91 Å². The van der Waals surface area contributed by atoms with Crippen LogP contribution in [0.4, 0.5) is 8.78 Å². The van der Waals surface area contributed by atoms with E-state index in [1.54, 1.807) is 4.90 Å². The van der Waals surface area contributed by atoms with Gasteiger partial charge in [-0.15, -0.1) is 0 Å². The van der Waals surface area contributed by atoms with E-state index < -0.39 is 17.2 Å². The number of rotatable bonds is 5. The molecule has 1 amide bonds. The second kappa shape index (κ2) is 8.62. The molecule has 0 spiro atoms. The van der Waals surface area contributed by atoms with Crippen molar-refractivity contribution in [2.45, 2.75) is 51.6 Å². The molecule has 1 aliphatic rings. The molecular weight excluding hydrogens is 372 g/mol. The van der Waals surface area contributed by atoms with E-state index >= 15 is 0 Å². The van der Waals surface area contributed by atoms with Crippen LogP contribution in [0.25, 0.3) is 0 Å². The second-order valence-corrected chi connectivity index (χ2v) is 8.55. The zero-order valence-electron chi connectivity index (χ0n) is 17.3. The Morgan fingerprint density at radius 3 is 2.21 bits per heavy atom. The molecule has 0 aromatic heterocycles. The number of halogens is 2. The van der Waals surface area contributed by atoms with E-state index in [0.717, 1.165) is 24.1 Å². The van der Waals surface area contributed by atoms with E-state index in [9.17, 15) is 18.7 Å². The fraction of sp³-hybridized carbons (Fsp3) is 0.458. The Kier molecular flexibility index (Phi) is 6.37. The summed E-state index contributed by atoms with van der Waals surface area (Å²) in [5.41, 5.74) is 1.35. The molecule has 29 heavy (non-hydrogen) atoms. The second-order valence-electron chi connectivity index (χ2n) is 8.55. The topological polar surface area (TPSA) is 40.5 Å². The normalized spacial score (nSPS) is 17.4. The number of aliphatic hydroxyl groups is 1. The largest absolute Gasteiger partial charge is 0.385 e. The highest BCUT2D eigenvalue weighted by molar-refractivity contribution is 5.83. The first kappa shape index (κ1) is 21.4. The molecule has 2 aromatic rings. The van der Waals surface area contributed by atoms with Gasteiger partial charge < -0.3 is 10.0 Å². The van der Waals surface area contributed by atoms with Crippen molar-refractivity contribution in [2.24, 2.45) is 5.92 Å². The van der Waals surface area contributed by atoms with E-state index in [1.807, 2.05) is 19.1 Å². The van der Waals surface area contributed by atoms with Crippen molar-refractivity contribution in [1.82, 2.24) is 4.90 Å². The first-order chi connectivity index (χ1) is 13.7. The summed E-state index contributed by atoms with van der Waals surface area (Å²) < 4.78 is 26.7. The monoisotopic (exact) mass is 401 g/mol. The van der Waals surface area contributed by atoms with Crippen molar-refractivity contribution in [3.05, 3.63) is 70.8 Å². The van der Waals surface area contributed by atoms with Crippen LogP contribution in [0.5, 0.6) is 0 Å². The number of amides is 1. The van der Waals surface area contributed by atoms with Gasteiger partial charge in [0.05, 0.1) is 11.5 Å². The predicted octanol–water partition coefficient (Wildman–Crippen LogP) is 4.78. The molecule has 1 N–H and O–H groups in total. The molecule has 3 rings (SSSR count). The smallest absolute Gasteiger partial charge is 0.229 e. The van der Waals surface area contributed by atoms with Crippen molar-refractivity contribution in [2.75, 3.05) is 13.1 Å². The first-order valence-electron chi connectivity index (χ1n) is 10.2. The van der Waals surface area contributed by atoms with Gasteiger partial charge in [0.2, 0.25) is 5.91 Å². The van der Waals surface area contributed by atoms with Crippen LogP contribution in [-0.4, -0.2) is 29.0 Å². The highest BCUT2D eigenvalue weighted by Gasteiger charge is 2.37. The van der Waals surface area contributed by atoms with Crippen molar-refractivity contribution in [3.63, 3.8) is 0 Å². The standard InChI is InChI=1S/C24H29F2NO2/c1-16(2)14-18-4-6-19(7-5-18)17(3)23(28)27-12-10-24(29,11-13-27)20-8-9-21(25)22(26)15-20/h4-9,15-17,29H,10-14H2,1-3H3. The Morgan fingerprint density at radius 1 is 1.03 bits per heavy atom. The van der Waals surface area contributed by atoms with Gasteiger partial charge in [-0.05, 0) is 60.9 Å². The molecular formula is C24H29F2NO2. The third-order valence-electron chi connectivity index (χ3n) is 5.85. The summed E-state index contributed by atoms with van der Waals surface area (Å²) in [6, 6.07) is 11.7. The van der Waals surface area contributed by atoms with Gasteiger partial charge in [0.25, 0.3) is 0 Å². The summed E-state index contributed by atoms with van der Waals surface area (Å²) >= 11 is 0. The summed E-state index contributed by atoms with van der Waals surface area (Å²) in [6.45, 7) is 7.01. The highest BCUT2D eigenvalue weighted by Crippen LogP contribution is 2.34. The number of carbonyl (C=O) groups excluding carboxylic acids is 1. The Balaban J connectivity index is 1.63. The molecule has 1 unspecified atom stereocenters. The fourth-order valence-corrected chi connectivity index (χ4v) is 4.00. The molecule has 1 atom stereocenters. The van der Waals surface area contributed by atoms with Crippen LogP contribution in [-0.2, 0) is 16.8 Å². The van der Waals surface area contributed by atoms with E-state index in [1.165, 1.54) is 11.6 Å². The lowest BCUT2D eigenvalue weighted by Gasteiger charge is -2.39. The minimum Gasteiger partial charge on any atom is -0.385 e. The van der Waals surface area contributed by atoms with Gasteiger partial charge in [-0.1, -0.05) is 44.2 Å². The molecule has 1 fully saturated rings. The van der Waals surface area contributed by atoms with Gasteiger partial charge in [0.1, 0.15) is 0 Å². The maximum Gasteiger partial charge on any atom is 0.229 e. The number of carbonyl (C=O) groups is 1. The third kappa shape index (κ3) is 4.84. The molecule has 5 heteroatoms. The van der Waals surface area contributed by atoms with E-state index in [2.05, 4.69) is 26.0 Å². The van der Waals surface area contributed by atoms with Crippen LogP contribution in [0.15, 0.2) is 42.5 Å². The number of piperidine rings is 1. The van der Waals surface area contributed by atoms with E-state index in [4.69, 9.17) is 0 Å².